The van der Waals surface area contributed by atoms with Crippen molar-refractivity contribution in [3.05, 3.63) is 47.8 Å². The molecule has 2 aliphatic rings. The number of nitrogens with zero attached hydrogens (tertiary/aromatic N) is 1. The van der Waals surface area contributed by atoms with E-state index in [9.17, 15) is 9.18 Å². The molecule has 1 atom stereocenters. The minimum atomic E-state index is -0.184. The number of benzene rings is 1. The van der Waals surface area contributed by atoms with Gasteiger partial charge in [-0.25, -0.2) is 4.39 Å². The molecule has 1 saturated heterocycles. The Balaban J connectivity index is 1.69. The van der Waals surface area contributed by atoms with E-state index in [1.54, 1.807) is 6.07 Å². The van der Waals surface area contributed by atoms with Gasteiger partial charge in [0.05, 0.1) is 6.04 Å². The van der Waals surface area contributed by atoms with Crippen LogP contribution in [0.1, 0.15) is 37.3 Å². The normalized spacial score (nSPS) is 20.4. The molecule has 1 heterocycles. The number of allylic oxidation sites excluding steroid dienone is 2. The van der Waals surface area contributed by atoms with E-state index in [0.29, 0.717) is 12.1 Å². The lowest BCUT2D eigenvalue weighted by atomic mass is 10.0. The standard InChI is InChI=1S/C18H23FN2O/c19-16-10-4-3-9-15(16)17(21-11-5-6-12-21)13-20-18(22)14-7-1-2-8-14/h1-4,9-10,14,17H,5-8,11-13H2,(H,20,22)/t17-/m1/s1. The number of hydrogen-bond donors (Lipinski definition) is 1. The van der Waals surface area contributed by atoms with E-state index >= 15 is 0 Å². The molecule has 118 valence electrons. The summed E-state index contributed by atoms with van der Waals surface area (Å²) in [7, 11) is 0. The average molecular weight is 302 g/mol. The Morgan fingerprint density at radius 3 is 2.59 bits per heavy atom. The van der Waals surface area contributed by atoms with Gasteiger partial charge in [0.2, 0.25) is 5.91 Å². The van der Waals surface area contributed by atoms with Crippen molar-refractivity contribution >= 4 is 5.91 Å². The van der Waals surface area contributed by atoms with Crippen LogP contribution in [0, 0.1) is 11.7 Å². The molecule has 1 aromatic carbocycles. The highest BCUT2D eigenvalue weighted by molar-refractivity contribution is 5.79. The molecule has 1 aromatic rings. The van der Waals surface area contributed by atoms with E-state index in [0.717, 1.165) is 38.8 Å². The predicted octanol–water partition coefficient (Wildman–Crippen LogP) is 3.05. The number of hydrogen-bond acceptors (Lipinski definition) is 2. The van der Waals surface area contributed by atoms with Crippen LogP contribution in [-0.4, -0.2) is 30.4 Å². The van der Waals surface area contributed by atoms with Gasteiger partial charge in [0.25, 0.3) is 0 Å². The van der Waals surface area contributed by atoms with Gasteiger partial charge in [-0.15, -0.1) is 0 Å². The monoisotopic (exact) mass is 302 g/mol. The summed E-state index contributed by atoms with van der Waals surface area (Å²) < 4.78 is 14.2. The van der Waals surface area contributed by atoms with Crippen molar-refractivity contribution in [1.82, 2.24) is 10.2 Å². The summed E-state index contributed by atoms with van der Waals surface area (Å²) in [4.78, 5) is 14.5. The van der Waals surface area contributed by atoms with Crippen molar-refractivity contribution < 1.29 is 9.18 Å². The largest absolute Gasteiger partial charge is 0.354 e. The molecule has 1 amide bonds. The quantitative estimate of drug-likeness (QED) is 0.848. The first-order valence-electron chi connectivity index (χ1n) is 8.17. The van der Waals surface area contributed by atoms with Gasteiger partial charge in [-0.05, 0) is 44.8 Å². The lowest BCUT2D eigenvalue weighted by Crippen LogP contribution is -2.39. The van der Waals surface area contributed by atoms with Gasteiger partial charge in [0.15, 0.2) is 0 Å². The summed E-state index contributed by atoms with van der Waals surface area (Å²) in [5.41, 5.74) is 0.689. The molecule has 0 saturated carbocycles. The highest BCUT2D eigenvalue weighted by Gasteiger charge is 2.27. The van der Waals surface area contributed by atoms with E-state index in [2.05, 4.69) is 22.4 Å². The molecular formula is C18H23FN2O. The maximum atomic E-state index is 14.2. The summed E-state index contributed by atoms with van der Waals surface area (Å²) >= 11 is 0. The molecule has 22 heavy (non-hydrogen) atoms. The second kappa shape index (κ2) is 7.05. The summed E-state index contributed by atoms with van der Waals surface area (Å²) in [5, 5.41) is 3.04. The molecule has 1 aliphatic carbocycles. The van der Waals surface area contributed by atoms with Gasteiger partial charge >= 0.3 is 0 Å². The second-order valence-corrected chi connectivity index (χ2v) is 6.17. The highest BCUT2D eigenvalue weighted by Crippen LogP contribution is 2.27. The SMILES string of the molecule is O=C(NC[C@H](c1ccccc1F)N1CCCC1)C1CC=CC1. The molecule has 0 spiro atoms. The zero-order chi connectivity index (χ0) is 15.4. The molecule has 3 nitrogen and oxygen atoms in total. The lowest BCUT2D eigenvalue weighted by molar-refractivity contribution is -0.124. The van der Waals surface area contributed by atoms with Gasteiger partial charge in [-0.3, -0.25) is 9.69 Å². The van der Waals surface area contributed by atoms with E-state index in [1.807, 2.05) is 12.1 Å². The van der Waals surface area contributed by atoms with Gasteiger partial charge in [-0.2, -0.15) is 0 Å². The minimum absolute atomic E-state index is 0.0554. The summed E-state index contributed by atoms with van der Waals surface area (Å²) in [5.74, 6) is -0.0402. The van der Waals surface area contributed by atoms with Crippen LogP contribution >= 0.6 is 0 Å². The Bertz CT molecular complexity index is 544. The first-order valence-corrected chi connectivity index (χ1v) is 8.17. The third-order valence-electron chi connectivity index (χ3n) is 4.69. The Labute approximate surface area is 131 Å². The fourth-order valence-corrected chi connectivity index (χ4v) is 3.41. The number of carbonyl (C=O) groups excluding carboxylic acids is 1. The number of carbonyl (C=O) groups is 1. The molecule has 1 fully saturated rings. The van der Waals surface area contributed by atoms with E-state index in [1.165, 1.54) is 6.07 Å². The zero-order valence-electron chi connectivity index (χ0n) is 12.8. The van der Waals surface area contributed by atoms with Crippen molar-refractivity contribution in [1.29, 1.82) is 0 Å². The summed E-state index contributed by atoms with van der Waals surface area (Å²) in [6.07, 6.45) is 8.04. The van der Waals surface area contributed by atoms with Crippen molar-refractivity contribution in [3.63, 3.8) is 0 Å². The van der Waals surface area contributed by atoms with Crippen LogP contribution in [0.5, 0.6) is 0 Å². The molecule has 1 N–H and O–H groups in total. The van der Waals surface area contributed by atoms with Gasteiger partial charge in [0.1, 0.15) is 5.82 Å². The molecule has 0 aromatic heterocycles. The molecule has 0 bridgehead atoms. The first-order chi connectivity index (χ1) is 10.8. The van der Waals surface area contributed by atoms with E-state index in [-0.39, 0.29) is 23.7 Å². The maximum Gasteiger partial charge on any atom is 0.223 e. The summed E-state index contributed by atoms with van der Waals surface area (Å²) in [6, 6.07) is 6.84. The van der Waals surface area contributed by atoms with Crippen molar-refractivity contribution in [2.45, 2.75) is 31.7 Å². The molecule has 3 rings (SSSR count). The number of halogens is 1. The van der Waals surface area contributed by atoms with Crippen LogP contribution in [0.15, 0.2) is 36.4 Å². The Morgan fingerprint density at radius 2 is 1.91 bits per heavy atom. The maximum absolute atomic E-state index is 14.2. The third kappa shape index (κ3) is 3.38. The number of rotatable bonds is 5. The molecular weight excluding hydrogens is 279 g/mol. The van der Waals surface area contributed by atoms with Gasteiger partial charge in [-0.1, -0.05) is 30.4 Å². The zero-order valence-corrected chi connectivity index (χ0v) is 12.8. The minimum Gasteiger partial charge on any atom is -0.354 e. The van der Waals surface area contributed by atoms with Crippen molar-refractivity contribution in [3.8, 4) is 0 Å². The topological polar surface area (TPSA) is 32.3 Å². The van der Waals surface area contributed by atoms with Crippen LogP contribution in [0.2, 0.25) is 0 Å². The number of nitrogens with one attached hydrogen (secondary N) is 1. The second-order valence-electron chi connectivity index (χ2n) is 6.17. The molecule has 0 radical (unpaired) electrons. The lowest BCUT2D eigenvalue weighted by Gasteiger charge is -2.29. The first kappa shape index (κ1) is 15.2. The average Bonchev–Trinajstić information content (AvgIpc) is 3.22. The van der Waals surface area contributed by atoms with Crippen LogP contribution in [0.4, 0.5) is 4.39 Å². The fourth-order valence-electron chi connectivity index (χ4n) is 3.41. The molecule has 1 aliphatic heterocycles. The van der Waals surface area contributed by atoms with E-state index < -0.39 is 0 Å². The van der Waals surface area contributed by atoms with Crippen LogP contribution < -0.4 is 5.32 Å². The number of amides is 1. The van der Waals surface area contributed by atoms with Gasteiger partial charge in [0, 0.05) is 18.0 Å². The smallest absolute Gasteiger partial charge is 0.223 e. The van der Waals surface area contributed by atoms with Crippen LogP contribution in [0.3, 0.4) is 0 Å². The summed E-state index contributed by atoms with van der Waals surface area (Å²) in [6.45, 7) is 2.43. The molecule has 0 unspecified atom stereocenters. The number of likely N-dealkylation sites (tertiary alicyclic amines) is 1. The molecule has 4 heteroatoms. The van der Waals surface area contributed by atoms with Gasteiger partial charge < -0.3 is 5.32 Å². The van der Waals surface area contributed by atoms with Crippen molar-refractivity contribution in [2.24, 2.45) is 5.92 Å². The fraction of sp³-hybridized carbons (Fsp3) is 0.500. The van der Waals surface area contributed by atoms with E-state index in [4.69, 9.17) is 0 Å². The van der Waals surface area contributed by atoms with Crippen molar-refractivity contribution in [2.75, 3.05) is 19.6 Å². The Kier molecular flexibility index (Phi) is 4.88. The highest BCUT2D eigenvalue weighted by atomic mass is 19.1. The third-order valence-corrected chi connectivity index (χ3v) is 4.69. The van der Waals surface area contributed by atoms with Crippen LogP contribution in [-0.2, 0) is 4.79 Å². The Hall–Kier alpha value is -1.68. The van der Waals surface area contributed by atoms with Crippen LogP contribution in [0.25, 0.3) is 0 Å². The Morgan fingerprint density at radius 1 is 1.23 bits per heavy atom. The predicted molar refractivity (Wildman–Crippen MR) is 84.8 cm³/mol.